The van der Waals surface area contributed by atoms with Crippen LogP contribution >= 0.6 is 24.0 Å². The smallest absolute Gasteiger partial charge is 0.318 e. The minimum Gasteiger partial charge on any atom is -0.412 e. The predicted octanol–water partition coefficient (Wildman–Crippen LogP) is -1.99. The lowest BCUT2D eigenvalue weighted by Gasteiger charge is -2.03. The van der Waals surface area contributed by atoms with E-state index in [1.165, 1.54) is 0 Å². The number of aromatic nitrogens is 2. The van der Waals surface area contributed by atoms with Crippen molar-refractivity contribution in [1.82, 2.24) is 15.3 Å². The molecule has 0 bridgehead atoms. The van der Waals surface area contributed by atoms with Crippen molar-refractivity contribution in [2.75, 3.05) is 11.5 Å². The number of nitrogens with one attached hydrogen (secondary N) is 1. The minimum absolute atomic E-state index is 0. The van der Waals surface area contributed by atoms with Gasteiger partial charge in [0.05, 0.1) is 0 Å². The van der Waals surface area contributed by atoms with E-state index in [0.717, 1.165) is 0 Å². The second-order valence-electron chi connectivity index (χ2n) is 2.92. The molecule has 1 aromatic rings. The lowest BCUT2D eigenvalue weighted by Crippen LogP contribution is -2.40. The summed E-state index contributed by atoms with van der Waals surface area (Å²) >= 11 is 5.57. The SMILES string of the molecule is Cl.NC(=O)N/C(N)=N\C(=O)c1nc(Cl)c(N)nc1N.O. The Morgan fingerprint density at radius 2 is 1.70 bits per heavy atom. The summed E-state index contributed by atoms with van der Waals surface area (Å²) in [6.07, 6.45) is 0. The summed E-state index contributed by atoms with van der Waals surface area (Å²) in [5.74, 6) is -1.86. The number of primary amides is 1. The standard InChI is InChI=1S/C7H9ClN8O2.ClH.H2O/c8-2-4(10)14-3(9)1(13-2)5(17)15-6(11)16-7(12)18;;/h(H4,9,10,14)(H5,11,12,15,16,17,18);1H;1H2. The highest BCUT2D eigenvalue weighted by Crippen LogP contribution is 2.17. The molecule has 11 N–H and O–H groups in total. The molecule has 11 nitrogen and oxygen atoms in total. The first-order valence-electron chi connectivity index (χ1n) is 4.34. The first kappa shape index (κ1) is 20.0. The van der Waals surface area contributed by atoms with Gasteiger partial charge in [-0.05, 0) is 0 Å². The Balaban J connectivity index is 0. The average molecular weight is 327 g/mol. The molecule has 0 spiro atoms. The van der Waals surface area contributed by atoms with Crippen molar-refractivity contribution in [1.29, 1.82) is 0 Å². The van der Waals surface area contributed by atoms with E-state index in [0.29, 0.717) is 0 Å². The van der Waals surface area contributed by atoms with E-state index < -0.39 is 17.9 Å². The van der Waals surface area contributed by atoms with Gasteiger partial charge in [0.2, 0.25) is 5.96 Å². The molecule has 0 fully saturated rings. The lowest BCUT2D eigenvalue weighted by atomic mass is 10.4. The molecule has 0 saturated heterocycles. The molecule has 112 valence electrons. The highest BCUT2D eigenvalue weighted by molar-refractivity contribution is 6.31. The molecule has 1 aromatic heterocycles. The Morgan fingerprint density at radius 1 is 1.15 bits per heavy atom. The Labute approximate surface area is 123 Å². The minimum atomic E-state index is -0.974. The number of amides is 3. The number of rotatable bonds is 1. The largest absolute Gasteiger partial charge is 0.412 e. The zero-order chi connectivity index (χ0) is 13.9. The number of urea groups is 1. The third-order valence-corrected chi connectivity index (χ3v) is 1.86. The van der Waals surface area contributed by atoms with Gasteiger partial charge in [-0.1, -0.05) is 11.6 Å². The molecule has 13 heteroatoms. The van der Waals surface area contributed by atoms with Gasteiger partial charge >= 0.3 is 11.9 Å². The molecule has 0 aromatic carbocycles. The first-order chi connectivity index (χ1) is 8.31. The predicted molar refractivity (Wildman–Crippen MR) is 75.4 cm³/mol. The molecule has 0 atom stereocenters. The fourth-order valence-electron chi connectivity index (χ4n) is 0.915. The molecule has 20 heavy (non-hydrogen) atoms. The highest BCUT2D eigenvalue weighted by Gasteiger charge is 2.16. The van der Waals surface area contributed by atoms with Crippen LogP contribution in [0, 0.1) is 0 Å². The van der Waals surface area contributed by atoms with Crippen LogP contribution in [0.2, 0.25) is 5.15 Å². The molecule has 0 aliphatic rings. The molecule has 1 heterocycles. The molecule has 0 saturated carbocycles. The van der Waals surface area contributed by atoms with Crippen LogP contribution in [0.4, 0.5) is 16.4 Å². The second-order valence-corrected chi connectivity index (χ2v) is 3.28. The summed E-state index contributed by atoms with van der Waals surface area (Å²) in [7, 11) is 0. The van der Waals surface area contributed by atoms with Gasteiger partial charge in [0.15, 0.2) is 22.5 Å². The number of hydrogen-bond donors (Lipinski definition) is 5. The van der Waals surface area contributed by atoms with Gasteiger partial charge in [0, 0.05) is 0 Å². The van der Waals surface area contributed by atoms with Crippen molar-refractivity contribution >= 4 is 53.5 Å². The quantitative estimate of drug-likeness (QED) is 0.288. The van der Waals surface area contributed by atoms with Crippen LogP contribution in [0.15, 0.2) is 4.99 Å². The number of hydrogen-bond acceptors (Lipinski definition) is 6. The zero-order valence-electron chi connectivity index (χ0n) is 9.75. The maximum atomic E-state index is 11.6. The van der Waals surface area contributed by atoms with Crippen LogP contribution in [0.5, 0.6) is 0 Å². The van der Waals surface area contributed by atoms with Gasteiger partial charge in [0.1, 0.15) is 0 Å². The van der Waals surface area contributed by atoms with Crippen molar-refractivity contribution in [3.63, 3.8) is 0 Å². The van der Waals surface area contributed by atoms with E-state index in [1.54, 1.807) is 0 Å². The van der Waals surface area contributed by atoms with Gasteiger partial charge in [0.25, 0.3) is 0 Å². The maximum Gasteiger partial charge on any atom is 0.318 e. The summed E-state index contributed by atoms with van der Waals surface area (Å²) < 4.78 is 0. The van der Waals surface area contributed by atoms with Crippen LogP contribution in [-0.2, 0) is 0 Å². The van der Waals surface area contributed by atoms with E-state index >= 15 is 0 Å². The molecular weight excluding hydrogens is 315 g/mol. The second kappa shape index (κ2) is 7.93. The van der Waals surface area contributed by atoms with Gasteiger partial charge in [-0.3, -0.25) is 10.1 Å². The fraction of sp³-hybridized carbons (Fsp3) is 0. The zero-order valence-corrected chi connectivity index (χ0v) is 11.3. The number of nitrogens with zero attached hydrogens (tertiary/aromatic N) is 3. The third kappa shape index (κ3) is 5.09. The van der Waals surface area contributed by atoms with E-state index in [9.17, 15) is 9.59 Å². The number of nitrogens with two attached hydrogens (primary N) is 4. The lowest BCUT2D eigenvalue weighted by molar-refractivity contribution is 0.0998. The highest BCUT2D eigenvalue weighted by atomic mass is 35.5. The van der Waals surface area contributed by atoms with Crippen LogP contribution in [0.25, 0.3) is 0 Å². The number of guanidine groups is 1. The molecular formula is C7H12Cl2N8O3. The van der Waals surface area contributed by atoms with Gasteiger partial charge < -0.3 is 28.4 Å². The molecule has 0 aliphatic heterocycles. The van der Waals surface area contributed by atoms with Crippen molar-refractivity contribution in [3.05, 3.63) is 10.8 Å². The third-order valence-electron chi connectivity index (χ3n) is 1.58. The maximum absolute atomic E-state index is 11.6. The summed E-state index contributed by atoms with van der Waals surface area (Å²) in [6.45, 7) is 0. The van der Waals surface area contributed by atoms with Crippen LogP contribution < -0.4 is 28.3 Å². The van der Waals surface area contributed by atoms with Crippen LogP contribution in [0.1, 0.15) is 10.5 Å². The molecule has 0 aliphatic carbocycles. The van der Waals surface area contributed by atoms with E-state index in [4.69, 9.17) is 34.5 Å². The van der Waals surface area contributed by atoms with E-state index in [1.807, 2.05) is 5.32 Å². The van der Waals surface area contributed by atoms with Crippen molar-refractivity contribution in [2.24, 2.45) is 16.5 Å². The Morgan fingerprint density at radius 3 is 2.20 bits per heavy atom. The van der Waals surface area contributed by atoms with Gasteiger partial charge in [-0.2, -0.15) is 4.99 Å². The molecule has 0 radical (unpaired) electrons. The summed E-state index contributed by atoms with van der Waals surface area (Å²) in [4.78, 5) is 32.5. The van der Waals surface area contributed by atoms with Gasteiger partial charge in [-0.25, -0.2) is 14.8 Å². The average Bonchev–Trinajstić information content (AvgIpc) is 2.21. The van der Waals surface area contributed by atoms with Crippen LogP contribution in [0.3, 0.4) is 0 Å². The summed E-state index contributed by atoms with van der Waals surface area (Å²) in [5.41, 5.74) is 20.4. The summed E-state index contributed by atoms with van der Waals surface area (Å²) in [6, 6.07) is -0.974. The molecule has 1 rings (SSSR count). The Hall–Kier alpha value is -2.37. The molecule has 0 unspecified atom stereocenters. The Bertz CT molecular complexity index is 549. The first-order valence-corrected chi connectivity index (χ1v) is 4.72. The monoisotopic (exact) mass is 326 g/mol. The number of nitrogen functional groups attached to an aromatic ring is 2. The van der Waals surface area contributed by atoms with Crippen molar-refractivity contribution < 1.29 is 15.1 Å². The van der Waals surface area contributed by atoms with Gasteiger partial charge in [-0.15, -0.1) is 12.4 Å². The van der Waals surface area contributed by atoms with E-state index in [-0.39, 0.29) is 40.4 Å². The number of carbonyl (C=O) groups is 2. The number of halogens is 2. The van der Waals surface area contributed by atoms with Crippen molar-refractivity contribution in [3.8, 4) is 0 Å². The number of aliphatic imine (C=N–C) groups is 1. The van der Waals surface area contributed by atoms with Crippen LogP contribution in [-0.4, -0.2) is 33.3 Å². The summed E-state index contributed by atoms with van der Waals surface area (Å²) in [5, 5.41) is 1.68. The molecule has 3 amide bonds. The topological polar surface area (TPSA) is 220 Å². The number of anilines is 2. The normalized spacial score (nSPS) is 9.95. The van der Waals surface area contributed by atoms with Crippen molar-refractivity contribution in [2.45, 2.75) is 0 Å². The van der Waals surface area contributed by atoms with E-state index in [2.05, 4.69) is 15.0 Å². The number of carbonyl (C=O) groups excluding carboxylic acids is 2. The Kier molecular flexibility index (Phi) is 7.92. The fourth-order valence-corrected chi connectivity index (χ4v) is 1.04.